The fraction of sp³-hybridized carbons (Fsp3) is 0.214. The second kappa shape index (κ2) is 9.43. The third-order valence-corrected chi connectivity index (χ3v) is 6.29. The van der Waals surface area contributed by atoms with Crippen LogP contribution < -0.4 is 0 Å². The SMILES string of the molecule is COC(=O)C1=C[C@H](c2ccccc2)C[C@H](N2C(=O)O[C@H](c3ccccc3)[C@@H]2c2ccccc2)O1. The Bertz CT molecular complexity index is 1180. The molecule has 0 unspecified atom stereocenters. The van der Waals surface area contributed by atoms with Crippen LogP contribution in [-0.2, 0) is 19.0 Å². The lowest BCUT2D eigenvalue weighted by Gasteiger charge is -2.36. The highest BCUT2D eigenvalue weighted by atomic mass is 16.6. The van der Waals surface area contributed by atoms with Gasteiger partial charge in [0.25, 0.3) is 0 Å². The second-order valence-electron chi connectivity index (χ2n) is 8.33. The zero-order valence-electron chi connectivity index (χ0n) is 18.7. The average Bonchev–Trinajstić information content (AvgIpc) is 3.26. The molecule has 0 aliphatic carbocycles. The summed E-state index contributed by atoms with van der Waals surface area (Å²) in [7, 11) is 1.32. The van der Waals surface area contributed by atoms with Crippen LogP contribution in [0.25, 0.3) is 0 Å². The molecular formula is C28H25NO5. The van der Waals surface area contributed by atoms with Crippen LogP contribution >= 0.6 is 0 Å². The average molecular weight is 456 g/mol. The Morgan fingerprint density at radius 1 is 0.824 bits per heavy atom. The lowest BCUT2D eigenvalue weighted by molar-refractivity contribution is -0.144. The molecule has 0 saturated carbocycles. The van der Waals surface area contributed by atoms with Crippen molar-refractivity contribution in [3.8, 4) is 0 Å². The molecule has 6 heteroatoms. The fourth-order valence-corrected chi connectivity index (χ4v) is 4.69. The minimum Gasteiger partial charge on any atom is -0.463 e. The Morgan fingerprint density at radius 3 is 1.97 bits per heavy atom. The molecule has 4 atom stereocenters. The molecule has 1 saturated heterocycles. The monoisotopic (exact) mass is 455 g/mol. The molecule has 2 heterocycles. The molecule has 3 aromatic rings. The summed E-state index contributed by atoms with van der Waals surface area (Å²) >= 11 is 0. The van der Waals surface area contributed by atoms with Gasteiger partial charge in [-0.15, -0.1) is 0 Å². The van der Waals surface area contributed by atoms with E-state index < -0.39 is 30.4 Å². The first-order valence-electron chi connectivity index (χ1n) is 11.3. The number of methoxy groups -OCH3 is 1. The summed E-state index contributed by atoms with van der Waals surface area (Å²) in [5, 5.41) is 0. The van der Waals surface area contributed by atoms with Crippen LogP contribution in [0, 0.1) is 0 Å². The molecule has 2 aliphatic heterocycles. The summed E-state index contributed by atoms with van der Waals surface area (Å²) < 4.78 is 17.0. The predicted molar refractivity (Wildman–Crippen MR) is 125 cm³/mol. The van der Waals surface area contributed by atoms with Crippen molar-refractivity contribution in [2.75, 3.05) is 7.11 Å². The van der Waals surface area contributed by atoms with Crippen LogP contribution in [0.1, 0.15) is 41.2 Å². The Hall–Kier alpha value is -4.06. The van der Waals surface area contributed by atoms with Crippen molar-refractivity contribution in [2.45, 2.75) is 30.7 Å². The standard InChI is InChI=1S/C28H25NO5/c1-32-27(30)23-17-22(19-11-5-2-6-12-19)18-24(33-23)29-25(20-13-7-3-8-14-20)26(34-28(29)31)21-15-9-4-10-16-21/h2-17,22,24-26H,18H2,1H3/t22-,24+,25-,26+/m0/s1. The number of ether oxygens (including phenoxy) is 3. The van der Waals surface area contributed by atoms with Crippen LogP contribution in [0.3, 0.4) is 0 Å². The number of cyclic esters (lactones) is 1. The van der Waals surface area contributed by atoms with E-state index in [-0.39, 0.29) is 11.7 Å². The molecule has 2 aliphatic rings. The summed E-state index contributed by atoms with van der Waals surface area (Å²) in [5.74, 6) is -0.613. The van der Waals surface area contributed by atoms with Gasteiger partial charge in [0.05, 0.1) is 7.11 Å². The first-order chi connectivity index (χ1) is 16.7. The van der Waals surface area contributed by atoms with Gasteiger partial charge in [-0.1, -0.05) is 91.0 Å². The van der Waals surface area contributed by atoms with Crippen LogP contribution in [-0.4, -0.2) is 30.3 Å². The van der Waals surface area contributed by atoms with E-state index in [1.165, 1.54) is 7.11 Å². The quantitative estimate of drug-likeness (QED) is 0.475. The highest BCUT2D eigenvalue weighted by Gasteiger charge is 2.49. The van der Waals surface area contributed by atoms with Gasteiger partial charge in [-0.25, -0.2) is 9.59 Å². The van der Waals surface area contributed by atoms with Gasteiger partial charge in [0.15, 0.2) is 12.3 Å². The molecule has 172 valence electrons. The van der Waals surface area contributed by atoms with E-state index in [1.54, 1.807) is 11.0 Å². The second-order valence-corrected chi connectivity index (χ2v) is 8.33. The normalized spacial score (nSPS) is 24.1. The molecule has 0 spiro atoms. The number of benzene rings is 3. The number of hydrogen-bond acceptors (Lipinski definition) is 5. The molecular weight excluding hydrogens is 430 g/mol. The first-order valence-corrected chi connectivity index (χ1v) is 11.3. The number of allylic oxidation sites excluding steroid dienone is 1. The molecule has 5 rings (SSSR count). The Balaban J connectivity index is 1.55. The molecule has 34 heavy (non-hydrogen) atoms. The molecule has 1 fully saturated rings. The Morgan fingerprint density at radius 2 is 1.38 bits per heavy atom. The van der Waals surface area contributed by atoms with Gasteiger partial charge in [-0.3, -0.25) is 4.90 Å². The van der Waals surface area contributed by atoms with Crippen molar-refractivity contribution < 1.29 is 23.8 Å². The van der Waals surface area contributed by atoms with Gasteiger partial charge in [0.1, 0.15) is 6.04 Å². The van der Waals surface area contributed by atoms with Crippen molar-refractivity contribution >= 4 is 12.1 Å². The van der Waals surface area contributed by atoms with E-state index >= 15 is 0 Å². The van der Waals surface area contributed by atoms with Gasteiger partial charge in [-0.2, -0.15) is 0 Å². The van der Waals surface area contributed by atoms with E-state index in [9.17, 15) is 9.59 Å². The van der Waals surface area contributed by atoms with Crippen molar-refractivity contribution in [3.63, 3.8) is 0 Å². The van der Waals surface area contributed by atoms with Crippen LogP contribution in [0.15, 0.2) is 103 Å². The lowest BCUT2D eigenvalue weighted by atomic mass is 9.90. The highest BCUT2D eigenvalue weighted by Crippen LogP contribution is 2.46. The molecule has 6 nitrogen and oxygen atoms in total. The molecule has 1 amide bonds. The third kappa shape index (κ3) is 4.15. The Labute approximate surface area is 198 Å². The van der Waals surface area contributed by atoms with Gasteiger partial charge >= 0.3 is 12.1 Å². The van der Waals surface area contributed by atoms with Crippen molar-refractivity contribution in [3.05, 3.63) is 120 Å². The van der Waals surface area contributed by atoms with E-state index in [4.69, 9.17) is 14.2 Å². The largest absolute Gasteiger partial charge is 0.463 e. The maximum atomic E-state index is 13.3. The number of rotatable bonds is 5. The lowest BCUT2D eigenvalue weighted by Crippen LogP contribution is -2.43. The minimum absolute atomic E-state index is 0.0929. The van der Waals surface area contributed by atoms with E-state index in [1.807, 2.05) is 91.0 Å². The smallest absolute Gasteiger partial charge is 0.414 e. The number of nitrogens with zero attached hydrogens (tertiary/aromatic N) is 1. The summed E-state index contributed by atoms with van der Waals surface area (Å²) in [6.45, 7) is 0. The van der Waals surface area contributed by atoms with Gasteiger partial charge in [-0.05, 0) is 22.8 Å². The Kier molecular flexibility index (Phi) is 6.04. The van der Waals surface area contributed by atoms with E-state index in [0.29, 0.717) is 6.42 Å². The summed E-state index contributed by atoms with van der Waals surface area (Å²) in [6, 6.07) is 28.9. The maximum Gasteiger partial charge on any atom is 0.414 e. The zero-order valence-corrected chi connectivity index (χ0v) is 18.7. The molecule has 0 bridgehead atoms. The number of carbonyl (C=O) groups is 2. The van der Waals surface area contributed by atoms with Gasteiger partial charge in [0.2, 0.25) is 5.76 Å². The number of hydrogen-bond donors (Lipinski definition) is 0. The van der Waals surface area contributed by atoms with Crippen molar-refractivity contribution in [1.29, 1.82) is 0 Å². The van der Waals surface area contributed by atoms with Crippen LogP contribution in [0.5, 0.6) is 0 Å². The fourth-order valence-electron chi connectivity index (χ4n) is 4.69. The highest BCUT2D eigenvalue weighted by molar-refractivity contribution is 5.86. The zero-order chi connectivity index (χ0) is 23.5. The third-order valence-electron chi connectivity index (χ3n) is 6.29. The van der Waals surface area contributed by atoms with E-state index in [0.717, 1.165) is 16.7 Å². The molecule has 0 radical (unpaired) electrons. The van der Waals surface area contributed by atoms with Gasteiger partial charge < -0.3 is 14.2 Å². The van der Waals surface area contributed by atoms with Crippen molar-refractivity contribution in [1.82, 2.24) is 4.90 Å². The summed E-state index contributed by atoms with van der Waals surface area (Å²) in [4.78, 5) is 27.4. The van der Waals surface area contributed by atoms with Crippen molar-refractivity contribution in [2.24, 2.45) is 0 Å². The maximum absolute atomic E-state index is 13.3. The summed E-state index contributed by atoms with van der Waals surface area (Å²) in [5.41, 5.74) is 2.85. The summed E-state index contributed by atoms with van der Waals surface area (Å²) in [6.07, 6.45) is 0.541. The predicted octanol–water partition coefficient (Wildman–Crippen LogP) is 5.51. The number of amides is 1. The van der Waals surface area contributed by atoms with Gasteiger partial charge in [0, 0.05) is 12.3 Å². The molecule has 0 N–H and O–H groups in total. The van der Waals surface area contributed by atoms with Crippen LogP contribution in [0.4, 0.5) is 4.79 Å². The first kappa shape index (κ1) is 21.8. The minimum atomic E-state index is -0.712. The van der Waals surface area contributed by atoms with Crippen LogP contribution in [0.2, 0.25) is 0 Å². The topological polar surface area (TPSA) is 65.1 Å². The van der Waals surface area contributed by atoms with E-state index in [2.05, 4.69) is 0 Å². The molecule has 0 aromatic heterocycles. The molecule has 3 aromatic carbocycles. The number of esters is 1. The number of carbonyl (C=O) groups excluding carboxylic acids is 2.